The van der Waals surface area contributed by atoms with Gasteiger partial charge in [0.2, 0.25) is 0 Å². The minimum absolute atomic E-state index is 0.0128. The third kappa shape index (κ3) is 4.14. The minimum Gasteiger partial charge on any atom is -0.478 e. The second-order valence-corrected chi connectivity index (χ2v) is 7.56. The molecule has 0 saturated carbocycles. The topological polar surface area (TPSA) is 102 Å². The second kappa shape index (κ2) is 8.86. The molecule has 0 aromatic heterocycles. The Kier molecular flexibility index (Phi) is 5.82. The Balaban J connectivity index is 1.37. The van der Waals surface area contributed by atoms with E-state index in [4.69, 9.17) is 10.5 Å². The molecule has 0 bridgehead atoms. The van der Waals surface area contributed by atoms with E-state index in [2.05, 4.69) is 41.4 Å². The number of nitrogen functional groups attached to an aromatic ring is 1. The molecule has 4 N–H and O–H groups in total. The van der Waals surface area contributed by atoms with E-state index < -0.39 is 12.1 Å². The van der Waals surface area contributed by atoms with Crippen LogP contribution in [0.1, 0.15) is 38.5 Å². The molecule has 3 aromatic carbocycles. The zero-order chi connectivity index (χ0) is 22.7. The molecule has 3 aromatic rings. The molecule has 0 saturated heterocycles. The predicted molar refractivity (Wildman–Crippen MR) is 123 cm³/mol. The lowest BCUT2D eigenvalue weighted by atomic mass is 9.98. The van der Waals surface area contributed by atoms with Crippen molar-refractivity contribution in [3.05, 3.63) is 88.5 Å². The number of nitrogens with two attached hydrogens (primary N) is 1. The Morgan fingerprint density at radius 3 is 2.31 bits per heavy atom. The Labute approximate surface area is 186 Å². The summed E-state index contributed by atoms with van der Waals surface area (Å²) >= 11 is 0. The maximum absolute atomic E-state index is 12.2. The third-order valence-electron chi connectivity index (χ3n) is 5.44. The van der Waals surface area contributed by atoms with Gasteiger partial charge in [0.15, 0.2) is 0 Å². The summed E-state index contributed by atoms with van der Waals surface area (Å²) in [4.78, 5) is 23.5. The van der Waals surface area contributed by atoms with Crippen LogP contribution in [0.5, 0.6) is 0 Å². The number of hydrogen-bond donors (Lipinski definition) is 3. The molecule has 1 amide bonds. The van der Waals surface area contributed by atoms with Gasteiger partial charge in [0.25, 0.3) is 0 Å². The standard InChI is InChI=1S/C26H22N2O4/c1-16-13-17(24(27)22(14-16)25(29)30)7-6-12-28-26(31)32-15-23-20-10-4-2-8-18(20)19-9-3-5-11-21(19)23/h2-5,8-11,13-14,23H,12,15,27H2,1H3,(H,28,31)(H,29,30). The first-order valence-electron chi connectivity index (χ1n) is 10.2. The number of aryl methyl sites for hydroxylation is 1. The highest BCUT2D eigenvalue weighted by Gasteiger charge is 2.28. The van der Waals surface area contributed by atoms with Crippen LogP contribution in [0.3, 0.4) is 0 Å². The van der Waals surface area contributed by atoms with E-state index in [9.17, 15) is 14.7 Å². The number of alkyl carbamates (subject to hydrolysis) is 1. The molecule has 0 radical (unpaired) electrons. The average Bonchev–Trinajstić information content (AvgIpc) is 3.11. The van der Waals surface area contributed by atoms with Crippen molar-refractivity contribution in [2.75, 3.05) is 18.9 Å². The van der Waals surface area contributed by atoms with Gasteiger partial charge in [0.1, 0.15) is 6.61 Å². The quantitative estimate of drug-likeness (QED) is 0.429. The zero-order valence-corrected chi connectivity index (χ0v) is 17.5. The summed E-state index contributed by atoms with van der Waals surface area (Å²) in [5.74, 6) is 4.49. The zero-order valence-electron chi connectivity index (χ0n) is 17.5. The van der Waals surface area contributed by atoms with Crippen molar-refractivity contribution in [2.45, 2.75) is 12.8 Å². The highest BCUT2D eigenvalue weighted by molar-refractivity contribution is 5.95. The van der Waals surface area contributed by atoms with Gasteiger partial charge in [0, 0.05) is 11.5 Å². The highest BCUT2D eigenvalue weighted by Crippen LogP contribution is 2.44. The van der Waals surface area contributed by atoms with Crippen LogP contribution in [0.2, 0.25) is 0 Å². The Bertz CT molecular complexity index is 1220. The van der Waals surface area contributed by atoms with Gasteiger partial charge in [-0.25, -0.2) is 9.59 Å². The van der Waals surface area contributed by atoms with Crippen LogP contribution < -0.4 is 11.1 Å². The Morgan fingerprint density at radius 2 is 1.69 bits per heavy atom. The number of fused-ring (bicyclic) bond motifs is 3. The smallest absolute Gasteiger partial charge is 0.407 e. The third-order valence-corrected chi connectivity index (χ3v) is 5.44. The van der Waals surface area contributed by atoms with Gasteiger partial charge < -0.3 is 20.9 Å². The van der Waals surface area contributed by atoms with Crippen LogP contribution in [-0.4, -0.2) is 30.3 Å². The van der Waals surface area contributed by atoms with Crippen molar-refractivity contribution in [1.82, 2.24) is 5.32 Å². The van der Waals surface area contributed by atoms with E-state index in [-0.39, 0.29) is 30.3 Å². The van der Waals surface area contributed by atoms with E-state index in [0.29, 0.717) is 5.56 Å². The number of rotatable bonds is 4. The molecule has 160 valence electrons. The van der Waals surface area contributed by atoms with Crippen molar-refractivity contribution < 1.29 is 19.4 Å². The van der Waals surface area contributed by atoms with Crippen molar-refractivity contribution in [1.29, 1.82) is 0 Å². The Hall–Kier alpha value is -4.24. The predicted octanol–water partition coefficient (Wildman–Crippen LogP) is 4.17. The number of carboxylic acid groups (broad SMARTS) is 1. The number of hydrogen-bond acceptors (Lipinski definition) is 4. The van der Waals surface area contributed by atoms with Crippen LogP contribution in [0.4, 0.5) is 10.5 Å². The van der Waals surface area contributed by atoms with E-state index in [1.165, 1.54) is 17.2 Å². The van der Waals surface area contributed by atoms with E-state index >= 15 is 0 Å². The molecule has 32 heavy (non-hydrogen) atoms. The summed E-state index contributed by atoms with van der Waals surface area (Å²) in [6, 6.07) is 19.5. The van der Waals surface area contributed by atoms with Gasteiger partial charge in [-0.05, 0) is 46.9 Å². The molecule has 0 aliphatic heterocycles. The normalized spacial score (nSPS) is 11.7. The van der Waals surface area contributed by atoms with E-state index in [1.54, 1.807) is 13.0 Å². The van der Waals surface area contributed by atoms with Gasteiger partial charge >= 0.3 is 12.1 Å². The van der Waals surface area contributed by atoms with Gasteiger partial charge in [-0.1, -0.05) is 60.4 Å². The molecule has 6 nitrogen and oxygen atoms in total. The first-order chi connectivity index (χ1) is 15.5. The van der Waals surface area contributed by atoms with Crippen LogP contribution >= 0.6 is 0 Å². The molecular formula is C26H22N2O4. The van der Waals surface area contributed by atoms with E-state index in [1.807, 2.05) is 24.3 Å². The van der Waals surface area contributed by atoms with Crippen molar-refractivity contribution in [3.63, 3.8) is 0 Å². The van der Waals surface area contributed by atoms with Crippen molar-refractivity contribution in [2.24, 2.45) is 0 Å². The van der Waals surface area contributed by atoms with Crippen molar-refractivity contribution in [3.8, 4) is 23.0 Å². The monoisotopic (exact) mass is 426 g/mol. The van der Waals surface area contributed by atoms with E-state index in [0.717, 1.165) is 16.7 Å². The fourth-order valence-corrected chi connectivity index (χ4v) is 3.98. The van der Waals surface area contributed by atoms with Crippen LogP contribution in [0.25, 0.3) is 11.1 Å². The van der Waals surface area contributed by atoms with Gasteiger partial charge in [-0.3, -0.25) is 0 Å². The van der Waals surface area contributed by atoms with Gasteiger partial charge in [-0.2, -0.15) is 0 Å². The molecular weight excluding hydrogens is 404 g/mol. The number of amides is 1. The first-order valence-corrected chi connectivity index (χ1v) is 10.2. The van der Waals surface area contributed by atoms with Gasteiger partial charge in [0.05, 0.1) is 17.8 Å². The van der Waals surface area contributed by atoms with Crippen LogP contribution in [0, 0.1) is 18.8 Å². The lowest BCUT2D eigenvalue weighted by molar-refractivity contribution is 0.0697. The number of aromatic carboxylic acids is 1. The second-order valence-electron chi connectivity index (χ2n) is 7.56. The average molecular weight is 426 g/mol. The summed E-state index contributed by atoms with van der Waals surface area (Å²) in [6.07, 6.45) is -0.565. The molecule has 0 fully saturated rings. The fraction of sp³-hybridized carbons (Fsp3) is 0.154. The molecule has 0 unspecified atom stereocenters. The number of nitrogens with one attached hydrogen (secondary N) is 1. The number of carbonyl (C=O) groups excluding carboxylic acids is 1. The lowest BCUT2D eigenvalue weighted by Gasteiger charge is -2.14. The number of benzene rings is 3. The number of carbonyl (C=O) groups is 2. The molecule has 1 aliphatic carbocycles. The first kappa shape index (κ1) is 21.0. The minimum atomic E-state index is -1.11. The number of carboxylic acids is 1. The molecule has 1 aliphatic rings. The molecule has 6 heteroatoms. The van der Waals surface area contributed by atoms with Gasteiger partial charge in [-0.15, -0.1) is 0 Å². The largest absolute Gasteiger partial charge is 0.478 e. The summed E-state index contributed by atoms with van der Waals surface area (Å²) in [5.41, 5.74) is 11.8. The maximum atomic E-state index is 12.2. The summed E-state index contributed by atoms with van der Waals surface area (Å²) < 4.78 is 5.47. The number of anilines is 1. The summed E-state index contributed by atoms with van der Waals surface area (Å²) in [7, 11) is 0. The Morgan fingerprint density at radius 1 is 1.06 bits per heavy atom. The summed E-state index contributed by atoms with van der Waals surface area (Å²) in [5, 5.41) is 11.8. The van der Waals surface area contributed by atoms with Crippen LogP contribution in [-0.2, 0) is 4.74 Å². The SMILES string of the molecule is Cc1cc(C#CCNC(=O)OCC2c3ccccc3-c3ccccc32)c(N)c(C(=O)O)c1. The number of ether oxygens (including phenoxy) is 1. The maximum Gasteiger partial charge on any atom is 0.407 e. The van der Waals surface area contributed by atoms with Crippen LogP contribution in [0.15, 0.2) is 60.7 Å². The molecule has 0 spiro atoms. The fourth-order valence-electron chi connectivity index (χ4n) is 3.98. The molecule has 0 heterocycles. The van der Waals surface area contributed by atoms with Crippen molar-refractivity contribution >= 4 is 17.7 Å². The lowest BCUT2D eigenvalue weighted by Crippen LogP contribution is -2.26. The highest BCUT2D eigenvalue weighted by atomic mass is 16.5. The molecule has 0 atom stereocenters. The molecule has 4 rings (SSSR count). The summed E-state index contributed by atoms with van der Waals surface area (Å²) in [6.45, 7) is 2.04.